The molecular formula is C14H13ClF2N2. The van der Waals surface area contributed by atoms with Crippen molar-refractivity contribution in [2.45, 2.75) is 13.0 Å². The van der Waals surface area contributed by atoms with Crippen LogP contribution in [0.2, 0.25) is 5.02 Å². The molecule has 0 spiro atoms. The number of rotatable bonds is 3. The zero-order chi connectivity index (χ0) is 14.0. The van der Waals surface area contributed by atoms with Crippen LogP contribution in [0.4, 0.5) is 8.78 Å². The molecule has 0 saturated heterocycles. The Labute approximate surface area is 115 Å². The van der Waals surface area contributed by atoms with Gasteiger partial charge in [-0.3, -0.25) is 5.84 Å². The summed E-state index contributed by atoms with van der Waals surface area (Å²) < 4.78 is 27.2. The third-order valence-corrected chi connectivity index (χ3v) is 3.49. The van der Waals surface area contributed by atoms with E-state index in [-0.39, 0.29) is 5.56 Å². The second-order valence-corrected chi connectivity index (χ2v) is 4.60. The summed E-state index contributed by atoms with van der Waals surface area (Å²) in [5, 5.41) is 0.551. The fourth-order valence-electron chi connectivity index (χ4n) is 2.03. The Bertz CT molecular complexity index is 550. The predicted molar refractivity (Wildman–Crippen MR) is 71.7 cm³/mol. The number of benzene rings is 2. The Morgan fingerprint density at radius 3 is 2.42 bits per heavy atom. The fourth-order valence-corrected chi connectivity index (χ4v) is 2.21. The van der Waals surface area contributed by atoms with Crippen LogP contribution in [0.3, 0.4) is 0 Å². The van der Waals surface area contributed by atoms with Crippen LogP contribution in [-0.4, -0.2) is 0 Å². The van der Waals surface area contributed by atoms with Gasteiger partial charge in [0.2, 0.25) is 0 Å². The van der Waals surface area contributed by atoms with Crippen molar-refractivity contribution in [3.05, 3.63) is 69.7 Å². The summed E-state index contributed by atoms with van der Waals surface area (Å²) in [7, 11) is 0. The molecule has 2 aromatic rings. The van der Waals surface area contributed by atoms with E-state index >= 15 is 0 Å². The average Bonchev–Trinajstić information content (AvgIpc) is 2.40. The van der Waals surface area contributed by atoms with E-state index in [1.165, 1.54) is 12.1 Å². The topological polar surface area (TPSA) is 38.0 Å². The lowest BCUT2D eigenvalue weighted by atomic mass is 9.95. The van der Waals surface area contributed by atoms with E-state index in [0.29, 0.717) is 10.6 Å². The number of nitrogens with one attached hydrogen (secondary N) is 1. The van der Waals surface area contributed by atoms with Gasteiger partial charge in [-0.05, 0) is 30.2 Å². The minimum Gasteiger partial charge on any atom is -0.271 e. The molecule has 0 bridgehead atoms. The Balaban J connectivity index is 2.57. The van der Waals surface area contributed by atoms with Crippen molar-refractivity contribution < 1.29 is 8.78 Å². The van der Waals surface area contributed by atoms with Crippen molar-refractivity contribution >= 4 is 11.6 Å². The molecule has 0 amide bonds. The number of hydrogen-bond donors (Lipinski definition) is 2. The SMILES string of the molecule is Cc1c(Cl)cccc1C(NN)c1cccc(F)c1F. The van der Waals surface area contributed by atoms with Crippen molar-refractivity contribution in [3.8, 4) is 0 Å². The van der Waals surface area contributed by atoms with Gasteiger partial charge in [0.15, 0.2) is 11.6 Å². The summed E-state index contributed by atoms with van der Waals surface area (Å²) >= 11 is 6.04. The largest absolute Gasteiger partial charge is 0.271 e. The van der Waals surface area contributed by atoms with Gasteiger partial charge in [-0.1, -0.05) is 35.9 Å². The van der Waals surface area contributed by atoms with Gasteiger partial charge in [-0.25, -0.2) is 14.2 Å². The first-order valence-electron chi connectivity index (χ1n) is 5.71. The molecule has 0 heterocycles. The van der Waals surface area contributed by atoms with Crippen molar-refractivity contribution in [2.75, 3.05) is 0 Å². The molecule has 0 aliphatic carbocycles. The van der Waals surface area contributed by atoms with E-state index in [0.717, 1.165) is 11.6 Å². The third kappa shape index (κ3) is 2.61. The molecule has 2 rings (SSSR count). The molecule has 0 saturated carbocycles. The summed E-state index contributed by atoms with van der Waals surface area (Å²) in [5.41, 5.74) is 4.13. The Morgan fingerprint density at radius 2 is 1.74 bits per heavy atom. The van der Waals surface area contributed by atoms with Gasteiger partial charge < -0.3 is 0 Å². The highest BCUT2D eigenvalue weighted by Crippen LogP contribution is 2.30. The molecule has 0 aromatic heterocycles. The maximum atomic E-state index is 13.9. The molecular weight excluding hydrogens is 270 g/mol. The lowest BCUT2D eigenvalue weighted by Crippen LogP contribution is -2.30. The van der Waals surface area contributed by atoms with Crippen LogP contribution in [0.1, 0.15) is 22.7 Å². The van der Waals surface area contributed by atoms with E-state index in [4.69, 9.17) is 17.4 Å². The van der Waals surface area contributed by atoms with Crippen molar-refractivity contribution in [1.82, 2.24) is 5.43 Å². The molecule has 3 N–H and O–H groups in total. The number of hydrogen-bond acceptors (Lipinski definition) is 2. The van der Waals surface area contributed by atoms with Gasteiger partial charge in [0.1, 0.15) is 0 Å². The Hall–Kier alpha value is -1.49. The maximum absolute atomic E-state index is 13.9. The summed E-state index contributed by atoms with van der Waals surface area (Å²) in [6, 6.07) is 8.59. The summed E-state index contributed by atoms with van der Waals surface area (Å²) in [4.78, 5) is 0. The molecule has 2 aromatic carbocycles. The zero-order valence-electron chi connectivity index (χ0n) is 10.3. The van der Waals surface area contributed by atoms with Crippen molar-refractivity contribution in [2.24, 2.45) is 5.84 Å². The minimum absolute atomic E-state index is 0.146. The second-order valence-electron chi connectivity index (χ2n) is 4.20. The van der Waals surface area contributed by atoms with Gasteiger partial charge in [0.25, 0.3) is 0 Å². The van der Waals surface area contributed by atoms with E-state index in [1.807, 2.05) is 0 Å². The first kappa shape index (κ1) is 13.9. The summed E-state index contributed by atoms with van der Waals surface area (Å²) in [6.45, 7) is 1.80. The second kappa shape index (κ2) is 5.65. The van der Waals surface area contributed by atoms with Crippen LogP contribution in [0.25, 0.3) is 0 Å². The standard InChI is InChI=1S/C14H13ClF2N2/c1-8-9(4-2-6-11(8)15)14(19-18)10-5-3-7-12(16)13(10)17/h2-7,14,19H,18H2,1H3. The first-order chi connectivity index (χ1) is 9.06. The quantitative estimate of drug-likeness (QED) is 0.668. The molecule has 1 unspecified atom stereocenters. The van der Waals surface area contributed by atoms with Crippen LogP contribution < -0.4 is 11.3 Å². The van der Waals surface area contributed by atoms with Gasteiger partial charge >= 0.3 is 0 Å². The monoisotopic (exact) mass is 282 g/mol. The highest BCUT2D eigenvalue weighted by molar-refractivity contribution is 6.31. The lowest BCUT2D eigenvalue weighted by molar-refractivity contribution is 0.482. The first-order valence-corrected chi connectivity index (χ1v) is 6.09. The zero-order valence-corrected chi connectivity index (χ0v) is 11.0. The minimum atomic E-state index is -0.912. The lowest BCUT2D eigenvalue weighted by Gasteiger charge is -2.20. The Kier molecular flexibility index (Phi) is 4.14. The molecule has 5 heteroatoms. The average molecular weight is 283 g/mol. The number of hydrazine groups is 1. The fraction of sp³-hybridized carbons (Fsp3) is 0.143. The van der Waals surface area contributed by atoms with Crippen LogP contribution in [0.15, 0.2) is 36.4 Å². The summed E-state index contributed by atoms with van der Waals surface area (Å²) in [5.74, 6) is 3.68. The summed E-state index contributed by atoms with van der Waals surface area (Å²) in [6.07, 6.45) is 0. The molecule has 0 fully saturated rings. The molecule has 0 radical (unpaired) electrons. The number of nitrogens with two attached hydrogens (primary N) is 1. The van der Waals surface area contributed by atoms with Crippen LogP contribution in [-0.2, 0) is 0 Å². The van der Waals surface area contributed by atoms with E-state index in [2.05, 4.69) is 5.43 Å². The van der Waals surface area contributed by atoms with Crippen molar-refractivity contribution in [3.63, 3.8) is 0 Å². The van der Waals surface area contributed by atoms with Gasteiger partial charge in [0, 0.05) is 10.6 Å². The van der Waals surface area contributed by atoms with E-state index < -0.39 is 17.7 Å². The molecule has 100 valence electrons. The van der Waals surface area contributed by atoms with Crippen molar-refractivity contribution in [1.29, 1.82) is 0 Å². The van der Waals surface area contributed by atoms with Gasteiger partial charge in [0.05, 0.1) is 6.04 Å². The van der Waals surface area contributed by atoms with Gasteiger partial charge in [-0.15, -0.1) is 0 Å². The highest BCUT2D eigenvalue weighted by atomic mass is 35.5. The highest BCUT2D eigenvalue weighted by Gasteiger charge is 2.20. The smallest absolute Gasteiger partial charge is 0.163 e. The van der Waals surface area contributed by atoms with E-state index in [1.54, 1.807) is 25.1 Å². The number of halogens is 3. The molecule has 19 heavy (non-hydrogen) atoms. The van der Waals surface area contributed by atoms with Crippen LogP contribution in [0.5, 0.6) is 0 Å². The molecule has 2 nitrogen and oxygen atoms in total. The third-order valence-electron chi connectivity index (χ3n) is 3.08. The Morgan fingerprint density at radius 1 is 1.11 bits per heavy atom. The normalized spacial score (nSPS) is 12.5. The maximum Gasteiger partial charge on any atom is 0.163 e. The molecule has 0 aliphatic rings. The van der Waals surface area contributed by atoms with Crippen LogP contribution in [0, 0.1) is 18.6 Å². The van der Waals surface area contributed by atoms with E-state index in [9.17, 15) is 8.78 Å². The molecule has 1 atom stereocenters. The van der Waals surface area contributed by atoms with Gasteiger partial charge in [-0.2, -0.15) is 0 Å². The molecule has 0 aliphatic heterocycles. The van der Waals surface area contributed by atoms with Crippen LogP contribution >= 0.6 is 11.6 Å². The predicted octanol–water partition coefficient (Wildman–Crippen LogP) is 3.48.